The lowest BCUT2D eigenvalue weighted by molar-refractivity contribution is -0.148. The lowest BCUT2D eigenvalue weighted by atomic mass is 9.80. The first-order valence-electron chi connectivity index (χ1n) is 5.07. The molecule has 0 aromatic rings. The van der Waals surface area contributed by atoms with Gasteiger partial charge in [-0.1, -0.05) is 0 Å². The van der Waals surface area contributed by atoms with Crippen LogP contribution in [0, 0.1) is 23.7 Å². The zero-order valence-electron chi connectivity index (χ0n) is 7.98. The second-order valence-corrected chi connectivity index (χ2v) is 4.80. The van der Waals surface area contributed by atoms with Gasteiger partial charge in [0, 0.05) is 11.8 Å². The van der Waals surface area contributed by atoms with Crippen molar-refractivity contribution in [2.24, 2.45) is 23.7 Å². The molecule has 4 heteroatoms. The molecule has 78 valence electrons. The smallest absolute Gasteiger partial charge is 0.309 e. The highest BCUT2D eigenvalue weighted by Gasteiger charge is 2.68. The number of hydrogen-bond donors (Lipinski definition) is 0. The van der Waals surface area contributed by atoms with Crippen LogP contribution in [0.25, 0.3) is 0 Å². The van der Waals surface area contributed by atoms with E-state index in [0.29, 0.717) is 29.9 Å². The molecule has 1 aliphatic heterocycles. The van der Waals surface area contributed by atoms with Crippen LogP contribution in [0.1, 0.15) is 6.42 Å². The standard InChI is InChI=1S/C10H13ClO3/c1-13-10(12)7-5-2-4(6(7)3-11)8-9(5)14-8/h4-9H,2-3H2,1H3/t4-,5+,6+,7+,8+,9-/m0/s1. The Bertz CT molecular complexity index is 281. The fraction of sp³-hybridized carbons (Fsp3) is 0.900. The van der Waals surface area contributed by atoms with Crippen LogP contribution in [0.5, 0.6) is 0 Å². The van der Waals surface area contributed by atoms with E-state index < -0.39 is 0 Å². The van der Waals surface area contributed by atoms with Crippen LogP contribution >= 0.6 is 11.6 Å². The van der Waals surface area contributed by atoms with Crippen LogP contribution in [0.15, 0.2) is 0 Å². The van der Waals surface area contributed by atoms with Crippen molar-refractivity contribution in [2.75, 3.05) is 13.0 Å². The number of rotatable bonds is 2. The topological polar surface area (TPSA) is 38.8 Å². The molecule has 14 heavy (non-hydrogen) atoms. The van der Waals surface area contributed by atoms with Crippen LogP contribution in [0.2, 0.25) is 0 Å². The third kappa shape index (κ3) is 0.947. The fourth-order valence-electron chi connectivity index (χ4n) is 3.46. The number of hydrogen-bond acceptors (Lipinski definition) is 3. The van der Waals surface area contributed by atoms with Crippen LogP contribution in [-0.2, 0) is 14.3 Å². The van der Waals surface area contributed by atoms with E-state index in [4.69, 9.17) is 21.1 Å². The van der Waals surface area contributed by atoms with Gasteiger partial charge in [0.15, 0.2) is 0 Å². The normalized spacial score (nSPS) is 53.0. The zero-order valence-corrected chi connectivity index (χ0v) is 8.74. The molecule has 3 aliphatic rings. The number of carbonyl (C=O) groups excluding carboxylic acids is 1. The third-order valence-corrected chi connectivity index (χ3v) is 4.43. The Balaban J connectivity index is 1.86. The number of epoxide rings is 1. The predicted octanol–water partition coefficient (Wildman–Crippen LogP) is 1.05. The van der Waals surface area contributed by atoms with Gasteiger partial charge in [-0.15, -0.1) is 11.6 Å². The number of alkyl halides is 1. The lowest BCUT2D eigenvalue weighted by Gasteiger charge is -2.24. The highest BCUT2D eigenvalue weighted by atomic mass is 35.5. The van der Waals surface area contributed by atoms with E-state index in [1.165, 1.54) is 7.11 Å². The van der Waals surface area contributed by atoms with Gasteiger partial charge < -0.3 is 9.47 Å². The van der Waals surface area contributed by atoms with E-state index in [-0.39, 0.29) is 17.8 Å². The Morgan fingerprint density at radius 3 is 2.86 bits per heavy atom. The number of ether oxygens (including phenoxy) is 2. The first kappa shape index (κ1) is 8.98. The molecular formula is C10H13ClO3. The van der Waals surface area contributed by atoms with E-state index in [1.54, 1.807) is 0 Å². The molecule has 0 amide bonds. The monoisotopic (exact) mass is 216 g/mol. The second kappa shape index (κ2) is 2.86. The summed E-state index contributed by atoms with van der Waals surface area (Å²) in [4.78, 5) is 11.6. The van der Waals surface area contributed by atoms with Gasteiger partial charge in [-0.3, -0.25) is 4.79 Å². The van der Waals surface area contributed by atoms with Crippen molar-refractivity contribution in [3.05, 3.63) is 0 Å². The summed E-state index contributed by atoms with van der Waals surface area (Å²) in [6.07, 6.45) is 1.85. The van der Waals surface area contributed by atoms with Crippen molar-refractivity contribution in [3.63, 3.8) is 0 Å². The van der Waals surface area contributed by atoms with Crippen molar-refractivity contribution in [1.82, 2.24) is 0 Å². The zero-order chi connectivity index (χ0) is 9.87. The number of carbonyl (C=O) groups is 1. The maximum absolute atomic E-state index is 11.6. The fourth-order valence-corrected chi connectivity index (χ4v) is 3.88. The van der Waals surface area contributed by atoms with E-state index >= 15 is 0 Å². The van der Waals surface area contributed by atoms with Gasteiger partial charge in [-0.2, -0.15) is 0 Å². The minimum Gasteiger partial charge on any atom is -0.469 e. The largest absolute Gasteiger partial charge is 0.469 e. The van der Waals surface area contributed by atoms with Gasteiger partial charge in [0.25, 0.3) is 0 Å². The summed E-state index contributed by atoms with van der Waals surface area (Å²) in [5.41, 5.74) is 0. The van der Waals surface area contributed by atoms with Gasteiger partial charge in [-0.05, 0) is 18.3 Å². The lowest BCUT2D eigenvalue weighted by Crippen LogP contribution is -2.35. The molecule has 3 fully saturated rings. The summed E-state index contributed by atoms with van der Waals surface area (Å²) in [5, 5.41) is 0. The Kier molecular flexibility index (Phi) is 1.83. The molecule has 3 rings (SSSR count). The average Bonchev–Trinajstić information content (AvgIpc) is 2.84. The summed E-state index contributed by atoms with van der Waals surface area (Å²) in [6, 6.07) is 0. The molecule has 0 aromatic carbocycles. The van der Waals surface area contributed by atoms with Crippen LogP contribution in [0.4, 0.5) is 0 Å². The summed E-state index contributed by atoms with van der Waals surface area (Å²) in [6.45, 7) is 0. The highest BCUT2D eigenvalue weighted by Crippen LogP contribution is 2.61. The SMILES string of the molecule is COC(=O)[C@H]1[C@H](CCl)[C@@H]2C[C@H]1[C@@H]1O[C@H]21. The summed E-state index contributed by atoms with van der Waals surface area (Å²) >= 11 is 5.92. The molecule has 2 aliphatic carbocycles. The maximum Gasteiger partial charge on any atom is 0.309 e. The predicted molar refractivity (Wildman–Crippen MR) is 50.0 cm³/mol. The van der Waals surface area contributed by atoms with Gasteiger partial charge >= 0.3 is 5.97 Å². The molecule has 0 radical (unpaired) electrons. The van der Waals surface area contributed by atoms with Crippen molar-refractivity contribution < 1.29 is 14.3 Å². The molecule has 2 saturated carbocycles. The maximum atomic E-state index is 11.6. The molecule has 0 unspecified atom stereocenters. The molecule has 2 bridgehead atoms. The van der Waals surface area contributed by atoms with Crippen molar-refractivity contribution in [1.29, 1.82) is 0 Å². The second-order valence-electron chi connectivity index (χ2n) is 4.50. The van der Waals surface area contributed by atoms with Gasteiger partial charge in [0.2, 0.25) is 0 Å². The Hall–Kier alpha value is -0.280. The van der Waals surface area contributed by atoms with E-state index in [0.717, 1.165) is 6.42 Å². The average molecular weight is 217 g/mol. The Morgan fingerprint density at radius 2 is 2.21 bits per heavy atom. The summed E-state index contributed by atoms with van der Waals surface area (Å²) < 4.78 is 10.4. The number of fused-ring (bicyclic) bond motifs is 5. The Morgan fingerprint density at radius 1 is 1.50 bits per heavy atom. The van der Waals surface area contributed by atoms with Gasteiger partial charge in [0.05, 0.1) is 25.2 Å². The number of methoxy groups -OCH3 is 1. The molecule has 1 saturated heterocycles. The van der Waals surface area contributed by atoms with Crippen LogP contribution in [-0.4, -0.2) is 31.2 Å². The van der Waals surface area contributed by atoms with Crippen molar-refractivity contribution >= 4 is 17.6 Å². The van der Waals surface area contributed by atoms with Crippen molar-refractivity contribution in [3.8, 4) is 0 Å². The molecule has 1 heterocycles. The molecular weight excluding hydrogens is 204 g/mol. The first-order valence-corrected chi connectivity index (χ1v) is 5.60. The summed E-state index contributed by atoms with van der Waals surface area (Å²) in [5.74, 6) is 1.60. The van der Waals surface area contributed by atoms with Crippen molar-refractivity contribution in [2.45, 2.75) is 18.6 Å². The van der Waals surface area contributed by atoms with Gasteiger partial charge in [-0.25, -0.2) is 0 Å². The van der Waals surface area contributed by atoms with Crippen LogP contribution < -0.4 is 0 Å². The Labute approximate surface area is 87.7 Å². The minimum absolute atomic E-state index is 0.00810. The quantitative estimate of drug-likeness (QED) is 0.394. The first-order chi connectivity index (χ1) is 6.77. The molecule has 0 spiro atoms. The highest BCUT2D eigenvalue weighted by molar-refractivity contribution is 6.18. The number of esters is 1. The van der Waals surface area contributed by atoms with Gasteiger partial charge in [0.1, 0.15) is 0 Å². The molecule has 6 atom stereocenters. The van der Waals surface area contributed by atoms with E-state index in [9.17, 15) is 4.79 Å². The number of halogens is 1. The minimum atomic E-state index is -0.0999. The molecule has 3 nitrogen and oxygen atoms in total. The summed E-state index contributed by atoms with van der Waals surface area (Å²) in [7, 11) is 1.45. The molecule has 0 aromatic heterocycles. The third-order valence-electron chi connectivity index (χ3n) is 4.07. The van der Waals surface area contributed by atoms with E-state index in [1.807, 2.05) is 0 Å². The van der Waals surface area contributed by atoms with E-state index in [2.05, 4.69) is 0 Å². The molecule has 0 N–H and O–H groups in total. The van der Waals surface area contributed by atoms with Crippen LogP contribution in [0.3, 0.4) is 0 Å².